The van der Waals surface area contributed by atoms with Crippen molar-refractivity contribution in [2.75, 3.05) is 13.2 Å². The van der Waals surface area contributed by atoms with Gasteiger partial charge in [-0.05, 0) is 19.4 Å². The van der Waals surface area contributed by atoms with Gasteiger partial charge in [0.1, 0.15) is 6.69 Å². The monoisotopic (exact) mass is 418 g/mol. The number of ether oxygens (including phenoxy) is 1. The van der Waals surface area contributed by atoms with Gasteiger partial charge in [0, 0.05) is 6.61 Å². The summed E-state index contributed by atoms with van der Waals surface area (Å²) in [7, 11) is 0. The number of hydrogen-bond donors (Lipinski definition) is 0. The fourth-order valence-electron chi connectivity index (χ4n) is 2.94. The highest BCUT2D eigenvalue weighted by atomic mass is 79.9. The van der Waals surface area contributed by atoms with Crippen LogP contribution in [0, 0.1) is 0 Å². The fourth-order valence-corrected chi connectivity index (χ4v) is 4.87. The number of rotatable bonds is 18. The van der Waals surface area contributed by atoms with Crippen LogP contribution in [0.15, 0.2) is 12.2 Å². The van der Waals surface area contributed by atoms with Crippen LogP contribution in [0.2, 0.25) is 19.1 Å². The third-order valence-corrected chi connectivity index (χ3v) is 7.14. The van der Waals surface area contributed by atoms with Crippen molar-refractivity contribution in [1.29, 1.82) is 0 Å². The molecule has 0 aromatic heterocycles. The summed E-state index contributed by atoms with van der Waals surface area (Å²) in [6, 6.07) is 1.44. The molecular weight excluding hydrogens is 376 g/mol. The molecule has 0 fully saturated rings. The lowest BCUT2D eigenvalue weighted by Gasteiger charge is -2.12. The Morgan fingerprint density at radius 1 is 0.750 bits per heavy atom. The molecule has 0 heterocycles. The minimum Gasteiger partial charge on any atom is -0.377 e. The van der Waals surface area contributed by atoms with Gasteiger partial charge in [-0.3, -0.25) is 0 Å². The molecule has 0 saturated heterocycles. The molecule has 0 aromatic rings. The topological polar surface area (TPSA) is 9.23 Å². The van der Waals surface area contributed by atoms with Crippen LogP contribution in [-0.4, -0.2) is 19.9 Å². The molecule has 144 valence electrons. The van der Waals surface area contributed by atoms with E-state index in [1.807, 2.05) is 6.92 Å². The van der Waals surface area contributed by atoms with Gasteiger partial charge in [0.15, 0.2) is 0 Å². The molecule has 0 N–H and O–H groups in total. The lowest BCUT2D eigenvalue weighted by atomic mass is 10.0. The maximum atomic E-state index is 5.52. The standard InChI is InChI=1S/C21H43BrOSi/c1-21(2)20-23-18-16-14-12-10-8-6-5-7-9-11-13-15-17-19-24(3,4)22/h1,5-20H2,2-4H3. The van der Waals surface area contributed by atoms with Crippen LogP contribution in [0.3, 0.4) is 0 Å². The average molecular weight is 420 g/mol. The summed E-state index contributed by atoms with van der Waals surface area (Å²) in [5.74, 6) is 0. The van der Waals surface area contributed by atoms with Gasteiger partial charge in [-0.25, -0.2) is 0 Å². The van der Waals surface area contributed by atoms with Crippen LogP contribution in [0.25, 0.3) is 0 Å². The molecule has 0 bridgehead atoms. The van der Waals surface area contributed by atoms with E-state index in [4.69, 9.17) is 4.74 Å². The van der Waals surface area contributed by atoms with Gasteiger partial charge in [-0.1, -0.05) is 102 Å². The third-order valence-electron chi connectivity index (χ3n) is 4.41. The van der Waals surface area contributed by atoms with Gasteiger partial charge in [0.25, 0.3) is 0 Å². The summed E-state index contributed by atoms with van der Waals surface area (Å²) >= 11 is 3.86. The van der Waals surface area contributed by atoms with E-state index in [9.17, 15) is 0 Å². The van der Waals surface area contributed by atoms with Gasteiger partial charge in [-0.2, -0.15) is 0 Å². The predicted molar refractivity (Wildman–Crippen MR) is 117 cm³/mol. The summed E-state index contributed by atoms with van der Waals surface area (Å²) in [5, 5.41) is 0. The molecule has 0 aliphatic heterocycles. The van der Waals surface area contributed by atoms with Crippen LogP contribution in [0.5, 0.6) is 0 Å². The fraction of sp³-hybridized carbons (Fsp3) is 0.905. The van der Waals surface area contributed by atoms with E-state index in [1.54, 1.807) is 0 Å². The Balaban J connectivity index is 3.04. The first-order valence-electron chi connectivity index (χ1n) is 10.3. The molecule has 3 heteroatoms. The maximum Gasteiger partial charge on any atom is 0.124 e. The molecule has 0 saturated carbocycles. The smallest absolute Gasteiger partial charge is 0.124 e. The van der Waals surface area contributed by atoms with E-state index in [2.05, 4.69) is 35.0 Å². The molecule has 0 rings (SSSR count). The van der Waals surface area contributed by atoms with E-state index < -0.39 is 6.69 Å². The van der Waals surface area contributed by atoms with Crippen molar-refractivity contribution in [3.05, 3.63) is 12.2 Å². The van der Waals surface area contributed by atoms with Crippen molar-refractivity contribution < 1.29 is 4.74 Å². The zero-order valence-corrected chi connectivity index (χ0v) is 19.4. The first-order valence-corrected chi connectivity index (χ1v) is 15.8. The summed E-state index contributed by atoms with van der Waals surface area (Å²) in [6.45, 7) is 11.4. The Labute approximate surface area is 161 Å². The Morgan fingerprint density at radius 3 is 1.50 bits per heavy atom. The molecule has 0 aliphatic carbocycles. The van der Waals surface area contributed by atoms with Crippen molar-refractivity contribution in [3.8, 4) is 0 Å². The van der Waals surface area contributed by atoms with E-state index in [1.165, 1.54) is 89.5 Å². The summed E-state index contributed by atoms with van der Waals surface area (Å²) < 4.78 is 5.52. The van der Waals surface area contributed by atoms with E-state index >= 15 is 0 Å². The summed E-state index contributed by atoms with van der Waals surface area (Å²) in [5.41, 5.74) is 1.12. The van der Waals surface area contributed by atoms with Crippen LogP contribution in [0.1, 0.15) is 90.4 Å². The molecule has 0 radical (unpaired) electrons. The van der Waals surface area contributed by atoms with Gasteiger partial charge < -0.3 is 4.74 Å². The van der Waals surface area contributed by atoms with Gasteiger partial charge >= 0.3 is 0 Å². The molecule has 0 unspecified atom stereocenters. The normalized spacial score (nSPS) is 11.8. The third kappa shape index (κ3) is 22.4. The van der Waals surface area contributed by atoms with Crippen molar-refractivity contribution >= 4 is 22.0 Å². The molecule has 0 aliphatic rings. The minimum atomic E-state index is -0.967. The first-order chi connectivity index (χ1) is 11.4. The highest BCUT2D eigenvalue weighted by Crippen LogP contribution is 2.21. The lowest BCUT2D eigenvalue weighted by Crippen LogP contribution is -2.13. The molecule has 0 amide bonds. The number of halogens is 1. The largest absolute Gasteiger partial charge is 0.377 e. The summed E-state index contributed by atoms with van der Waals surface area (Å²) in [4.78, 5) is 0. The lowest BCUT2D eigenvalue weighted by molar-refractivity contribution is 0.151. The van der Waals surface area contributed by atoms with Crippen LogP contribution in [0.4, 0.5) is 0 Å². The van der Waals surface area contributed by atoms with E-state index in [0.29, 0.717) is 0 Å². The second-order valence-electron chi connectivity index (χ2n) is 8.07. The number of hydrogen-bond acceptors (Lipinski definition) is 1. The quantitative estimate of drug-likeness (QED) is 0.0940. The SMILES string of the molecule is C=C(C)COCCCCCCCCCCCCCCC[Si](C)(C)Br. The Hall–Kier alpha value is 0.397. The molecule has 24 heavy (non-hydrogen) atoms. The predicted octanol–water partition coefficient (Wildman–Crippen LogP) is 8.25. The molecular formula is C21H43BrOSi. The van der Waals surface area contributed by atoms with Gasteiger partial charge in [0.2, 0.25) is 0 Å². The van der Waals surface area contributed by atoms with Gasteiger partial charge in [0.05, 0.1) is 6.61 Å². The average Bonchev–Trinajstić information content (AvgIpc) is 2.49. The molecule has 0 aromatic carbocycles. The van der Waals surface area contributed by atoms with Crippen LogP contribution < -0.4 is 0 Å². The zero-order valence-electron chi connectivity index (χ0n) is 16.8. The number of unbranched alkanes of at least 4 members (excludes halogenated alkanes) is 12. The van der Waals surface area contributed by atoms with Crippen molar-refractivity contribution in [2.24, 2.45) is 0 Å². The molecule has 1 nitrogen and oxygen atoms in total. The van der Waals surface area contributed by atoms with Crippen molar-refractivity contribution in [2.45, 2.75) is 110 Å². The maximum absolute atomic E-state index is 5.52. The molecule has 0 atom stereocenters. The van der Waals surface area contributed by atoms with E-state index in [-0.39, 0.29) is 0 Å². The molecule has 0 spiro atoms. The second-order valence-corrected chi connectivity index (χ2v) is 18.5. The Morgan fingerprint density at radius 2 is 1.12 bits per heavy atom. The van der Waals surface area contributed by atoms with E-state index in [0.717, 1.165) is 18.8 Å². The highest BCUT2D eigenvalue weighted by Gasteiger charge is 2.14. The Bertz CT molecular complexity index is 286. The first kappa shape index (κ1) is 24.4. The Kier molecular flexibility index (Phi) is 17.1. The van der Waals surface area contributed by atoms with Crippen LogP contribution >= 0.6 is 15.3 Å². The minimum absolute atomic E-state index is 0.732. The van der Waals surface area contributed by atoms with Crippen molar-refractivity contribution in [1.82, 2.24) is 0 Å². The van der Waals surface area contributed by atoms with Crippen LogP contribution in [-0.2, 0) is 4.74 Å². The zero-order chi connectivity index (χ0) is 18.1. The highest BCUT2D eigenvalue weighted by molar-refractivity contribution is 9.26. The second kappa shape index (κ2) is 16.8. The van der Waals surface area contributed by atoms with Crippen molar-refractivity contribution in [3.63, 3.8) is 0 Å². The summed E-state index contributed by atoms with van der Waals surface area (Å²) in [6.07, 6.45) is 18.3. The van der Waals surface area contributed by atoms with Gasteiger partial charge in [-0.15, -0.1) is 15.3 Å².